The van der Waals surface area contributed by atoms with E-state index in [4.69, 9.17) is 32.7 Å². The van der Waals surface area contributed by atoms with Crippen LogP contribution < -0.4 is 20.1 Å². The molecule has 0 spiro atoms. The molecule has 3 aromatic rings. The highest BCUT2D eigenvalue weighted by atomic mass is 35.5. The Hall–Kier alpha value is -2.62. The molecule has 2 amide bonds. The minimum absolute atomic E-state index is 0.134. The predicted octanol–water partition coefficient (Wildman–Crippen LogP) is 4.23. The van der Waals surface area contributed by atoms with Crippen LogP contribution in [0.4, 0.5) is 11.5 Å². The molecule has 146 valence electrons. The number of hydrogen-bond donors (Lipinski definition) is 2. The summed E-state index contributed by atoms with van der Waals surface area (Å²) in [5.41, 5.74) is 0.825. The molecule has 0 aliphatic rings. The zero-order valence-corrected chi connectivity index (χ0v) is 17.3. The molecule has 0 saturated carbocycles. The van der Waals surface area contributed by atoms with E-state index in [2.05, 4.69) is 20.6 Å². The maximum absolute atomic E-state index is 12.9. The summed E-state index contributed by atoms with van der Waals surface area (Å²) in [6, 6.07) is 1.52. The maximum atomic E-state index is 12.9. The number of fused-ring (bicyclic) bond motifs is 1. The van der Waals surface area contributed by atoms with Gasteiger partial charge in [0.2, 0.25) is 5.91 Å². The Morgan fingerprint density at radius 1 is 1.07 bits per heavy atom. The van der Waals surface area contributed by atoms with Gasteiger partial charge in [-0.3, -0.25) is 9.59 Å². The number of nitrogens with one attached hydrogen (secondary N) is 2. The van der Waals surface area contributed by atoms with Gasteiger partial charge in [-0.15, -0.1) is 11.3 Å². The number of nitrogens with zero attached hydrogens (tertiary/aromatic N) is 2. The summed E-state index contributed by atoms with van der Waals surface area (Å²) in [5, 5.41) is 7.17. The van der Waals surface area contributed by atoms with E-state index in [0.29, 0.717) is 27.5 Å². The molecule has 0 aliphatic carbocycles. The number of benzene rings is 1. The zero-order valence-electron chi connectivity index (χ0n) is 14.9. The third-order valence-corrected chi connectivity index (χ3v) is 5.43. The average Bonchev–Trinajstić information content (AvgIpc) is 3.10. The Morgan fingerprint density at radius 3 is 2.29 bits per heavy atom. The molecule has 0 saturated heterocycles. The highest BCUT2D eigenvalue weighted by Crippen LogP contribution is 2.44. The van der Waals surface area contributed by atoms with Crippen LogP contribution in [0.15, 0.2) is 17.8 Å². The van der Waals surface area contributed by atoms with Crippen LogP contribution in [0, 0.1) is 0 Å². The monoisotopic (exact) mass is 440 g/mol. The molecular formula is C17H14Cl2N4O4S. The number of carbonyl (C=O) groups is 2. The van der Waals surface area contributed by atoms with Crippen molar-refractivity contribution in [3.8, 4) is 11.5 Å². The Bertz CT molecular complexity index is 1060. The van der Waals surface area contributed by atoms with Crippen molar-refractivity contribution in [3.05, 3.63) is 33.4 Å². The second-order valence-electron chi connectivity index (χ2n) is 5.47. The Balaban J connectivity index is 2.02. The first-order valence-corrected chi connectivity index (χ1v) is 9.42. The molecule has 3 rings (SSSR count). The van der Waals surface area contributed by atoms with Crippen LogP contribution in [0.25, 0.3) is 10.2 Å². The van der Waals surface area contributed by atoms with Gasteiger partial charge in [-0.25, -0.2) is 9.97 Å². The molecule has 11 heteroatoms. The van der Waals surface area contributed by atoms with Gasteiger partial charge in [-0.05, 0) is 0 Å². The van der Waals surface area contributed by atoms with Crippen molar-refractivity contribution in [1.29, 1.82) is 0 Å². The number of amides is 2. The lowest BCUT2D eigenvalue weighted by atomic mass is 10.2. The van der Waals surface area contributed by atoms with Gasteiger partial charge in [0.15, 0.2) is 5.82 Å². The number of halogens is 2. The number of aromatic nitrogens is 2. The maximum Gasteiger partial charge on any atom is 0.258 e. The molecular weight excluding hydrogens is 427 g/mol. The largest absolute Gasteiger partial charge is 0.495 e. The SMILES string of the molecule is COc1cc(OC)c(Cl)c(NC(=O)c2csc3c(NC(C)=O)ncnc23)c1Cl. The van der Waals surface area contributed by atoms with Crippen molar-refractivity contribution in [2.45, 2.75) is 6.92 Å². The van der Waals surface area contributed by atoms with Gasteiger partial charge in [-0.2, -0.15) is 0 Å². The van der Waals surface area contributed by atoms with Gasteiger partial charge in [-0.1, -0.05) is 23.2 Å². The topological polar surface area (TPSA) is 102 Å². The van der Waals surface area contributed by atoms with E-state index < -0.39 is 5.91 Å². The highest BCUT2D eigenvalue weighted by Gasteiger charge is 2.22. The quantitative estimate of drug-likeness (QED) is 0.615. The van der Waals surface area contributed by atoms with Crippen LogP contribution in [-0.2, 0) is 4.79 Å². The van der Waals surface area contributed by atoms with Crippen LogP contribution in [0.1, 0.15) is 17.3 Å². The van der Waals surface area contributed by atoms with Gasteiger partial charge in [0.05, 0.1) is 35.7 Å². The van der Waals surface area contributed by atoms with Crippen LogP contribution >= 0.6 is 34.5 Å². The van der Waals surface area contributed by atoms with Gasteiger partial charge >= 0.3 is 0 Å². The first-order chi connectivity index (χ1) is 13.4. The van der Waals surface area contributed by atoms with Crippen molar-refractivity contribution in [2.24, 2.45) is 0 Å². The molecule has 28 heavy (non-hydrogen) atoms. The summed E-state index contributed by atoms with van der Waals surface area (Å²) in [7, 11) is 2.88. The molecule has 0 fully saturated rings. The van der Waals surface area contributed by atoms with E-state index >= 15 is 0 Å². The highest BCUT2D eigenvalue weighted by molar-refractivity contribution is 7.18. The summed E-state index contributed by atoms with van der Waals surface area (Å²) in [6.07, 6.45) is 1.27. The molecule has 2 aromatic heterocycles. The fourth-order valence-electron chi connectivity index (χ4n) is 2.44. The normalized spacial score (nSPS) is 10.6. The molecule has 1 aromatic carbocycles. The lowest BCUT2D eigenvalue weighted by molar-refractivity contribution is -0.114. The molecule has 0 bridgehead atoms. The lowest BCUT2D eigenvalue weighted by Crippen LogP contribution is -2.13. The van der Waals surface area contributed by atoms with E-state index in [9.17, 15) is 9.59 Å². The van der Waals surface area contributed by atoms with Crippen molar-refractivity contribution in [3.63, 3.8) is 0 Å². The summed E-state index contributed by atoms with van der Waals surface area (Å²) in [4.78, 5) is 32.4. The third kappa shape index (κ3) is 3.68. The second kappa shape index (κ2) is 8.17. The number of hydrogen-bond acceptors (Lipinski definition) is 7. The smallest absolute Gasteiger partial charge is 0.258 e. The minimum atomic E-state index is -0.488. The third-order valence-electron chi connectivity index (χ3n) is 3.70. The first kappa shape index (κ1) is 20.1. The summed E-state index contributed by atoms with van der Waals surface area (Å²) >= 11 is 13.8. The molecule has 0 aliphatic heterocycles. The second-order valence-corrected chi connectivity index (χ2v) is 7.10. The van der Waals surface area contributed by atoms with Crippen LogP contribution in [0.2, 0.25) is 10.0 Å². The van der Waals surface area contributed by atoms with E-state index in [-0.39, 0.29) is 27.2 Å². The molecule has 2 heterocycles. The number of anilines is 2. The number of carbonyl (C=O) groups excluding carboxylic acids is 2. The van der Waals surface area contributed by atoms with Crippen molar-refractivity contribution in [1.82, 2.24) is 9.97 Å². The zero-order chi connectivity index (χ0) is 20.4. The summed E-state index contributed by atoms with van der Waals surface area (Å²) in [6.45, 7) is 1.37. The molecule has 0 unspecified atom stereocenters. The first-order valence-electron chi connectivity index (χ1n) is 7.78. The Morgan fingerprint density at radius 2 is 1.71 bits per heavy atom. The molecule has 2 N–H and O–H groups in total. The van der Waals surface area contributed by atoms with Gasteiger partial charge in [0.1, 0.15) is 27.9 Å². The number of ether oxygens (including phenoxy) is 2. The van der Waals surface area contributed by atoms with E-state index in [1.807, 2.05) is 0 Å². The minimum Gasteiger partial charge on any atom is -0.495 e. The van der Waals surface area contributed by atoms with Gasteiger partial charge < -0.3 is 20.1 Å². The van der Waals surface area contributed by atoms with E-state index in [1.54, 1.807) is 5.38 Å². The standard InChI is InChI=1S/C17H14Cl2N4O4S/c1-7(24)22-16-15-13(20-6-21-16)8(5-28-15)17(25)23-14-11(18)9(26-2)4-10(27-3)12(14)19/h4-6H,1-3H3,(H,23,25)(H,20,21,22,24). The van der Waals surface area contributed by atoms with Crippen molar-refractivity contribution >= 4 is 68.1 Å². The Labute approximate surface area is 173 Å². The average molecular weight is 441 g/mol. The van der Waals surface area contributed by atoms with Crippen LogP contribution in [0.3, 0.4) is 0 Å². The van der Waals surface area contributed by atoms with Crippen LogP contribution in [-0.4, -0.2) is 36.0 Å². The van der Waals surface area contributed by atoms with E-state index in [1.165, 1.54) is 44.9 Å². The predicted molar refractivity (Wildman–Crippen MR) is 109 cm³/mol. The van der Waals surface area contributed by atoms with Crippen LogP contribution in [0.5, 0.6) is 11.5 Å². The van der Waals surface area contributed by atoms with Crippen molar-refractivity contribution in [2.75, 3.05) is 24.9 Å². The van der Waals surface area contributed by atoms with E-state index in [0.717, 1.165) is 0 Å². The fourth-order valence-corrected chi connectivity index (χ4v) is 3.98. The van der Waals surface area contributed by atoms with Gasteiger partial charge in [0.25, 0.3) is 5.91 Å². The van der Waals surface area contributed by atoms with Gasteiger partial charge in [0, 0.05) is 18.4 Å². The van der Waals surface area contributed by atoms with Crippen molar-refractivity contribution < 1.29 is 19.1 Å². The molecule has 0 atom stereocenters. The summed E-state index contributed by atoms with van der Waals surface area (Å²) in [5.74, 6) is 0.160. The summed E-state index contributed by atoms with van der Waals surface area (Å²) < 4.78 is 11.0. The lowest BCUT2D eigenvalue weighted by Gasteiger charge is -2.15. The number of thiophene rings is 1. The number of methoxy groups -OCH3 is 2. The Kier molecular flexibility index (Phi) is 5.87. The molecule has 0 radical (unpaired) electrons. The fraction of sp³-hybridized carbons (Fsp3) is 0.176. The number of rotatable bonds is 5. The molecule has 8 nitrogen and oxygen atoms in total.